The summed E-state index contributed by atoms with van der Waals surface area (Å²) in [5, 5.41) is 0. The molecule has 0 rings (SSSR count). The van der Waals surface area contributed by atoms with Crippen LogP contribution in [0.1, 0.15) is 0 Å². The van der Waals surface area contributed by atoms with E-state index in [1.165, 1.54) is 0 Å². The van der Waals surface area contributed by atoms with Crippen LogP contribution < -0.4 is 24.2 Å². The monoisotopic (exact) mass is 676 g/mol. The predicted octanol–water partition coefficient (Wildman–Crippen LogP) is -8.96. The van der Waals surface area contributed by atoms with Gasteiger partial charge in [0.2, 0.25) is 0 Å². The molecule has 26 heteroatoms. The zero-order valence-electron chi connectivity index (χ0n) is 11.0. The molecule has 1 radical (unpaired) electrons. The van der Waals surface area contributed by atoms with E-state index in [-0.39, 0.29) is 34.4 Å². The third-order valence-electron chi connectivity index (χ3n) is 0. The molecule has 0 aliphatic carbocycles. The molecule has 0 N–H and O–H groups in total. The third kappa shape index (κ3) is 4370. The zero-order valence-corrected chi connectivity index (χ0v) is 21.6. The molecular weight excluding hydrogens is 676 g/mol. The van der Waals surface area contributed by atoms with Crippen LogP contribution in [0.5, 0.6) is 0 Å². The fourth-order valence-electron chi connectivity index (χ4n) is 0. The summed E-state index contributed by atoms with van der Waals surface area (Å²) in [6, 6.07) is 0. The molecule has 0 bridgehead atoms. The van der Waals surface area contributed by atoms with Gasteiger partial charge in [0.05, 0.1) is 0 Å². The number of rotatable bonds is 0. The van der Waals surface area contributed by atoms with E-state index in [1.807, 2.05) is 0 Å². The van der Waals surface area contributed by atoms with E-state index < -0.39 is 92.4 Å². The summed E-state index contributed by atoms with van der Waals surface area (Å²) in [7, 11) is 0. The van der Waals surface area contributed by atoms with E-state index in [2.05, 4.69) is 0 Å². The van der Waals surface area contributed by atoms with Crippen molar-refractivity contribution in [3.63, 3.8) is 0 Å². The van der Waals surface area contributed by atoms with E-state index in [4.69, 9.17) is 68.3 Å². The van der Waals surface area contributed by atoms with Gasteiger partial charge in [-0.05, 0) is 0 Å². The minimum atomic E-state index is -3.94. The van der Waals surface area contributed by atoms with Crippen LogP contribution in [0.25, 0.3) is 0 Å². The molecule has 0 saturated carbocycles. The Bertz CT molecular complexity index is 477. The molecule has 0 aromatic carbocycles. The fraction of sp³-hybridized carbons (Fsp3) is 0. The van der Waals surface area contributed by atoms with Gasteiger partial charge in [0.25, 0.3) is 0 Å². The van der Waals surface area contributed by atoms with Gasteiger partial charge < -0.3 is 0 Å². The second-order valence-corrected chi connectivity index (χ2v) is 5.53. The van der Waals surface area contributed by atoms with Crippen LogP contribution in [-0.2, 0) is 154 Å². The van der Waals surface area contributed by atoms with Crippen molar-refractivity contribution in [1.82, 2.24) is 0 Å². The first kappa shape index (κ1) is 51.0. The average molecular weight is 676 g/mol. The molecule has 0 fully saturated rings. The van der Waals surface area contributed by atoms with Crippen LogP contribution in [0.3, 0.4) is 0 Å². The summed E-state index contributed by atoms with van der Waals surface area (Å²) >= 11 is -23.6. The van der Waals surface area contributed by atoms with Crippen molar-refractivity contribution in [2.75, 3.05) is 0 Å². The van der Waals surface area contributed by atoms with Crippen LogP contribution in [0.2, 0.25) is 0 Å². The van der Waals surface area contributed by atoms with Gasteiger partial charge in [-0.2, -0.15) is 0 Å². The molecule has 0 amide bonds. The number of hydrogen-bond donors (Lipinski definition) is 0. The molecule has 18 nitrogen and oxygen atoms in total. The number of hydrogen-bond acceptors (Lipinski definition) is 18. The van der Waals surface area contributed by atoms with E-state index in [0.717, 1.165) is 0 Å². The van der Waals surface area contributed by atoms with Crippen molar-refractivity contribution in [1.29, 1.82) is 0 Å². The molecule has 149 valence electrons. The molecule has 0 aromatic heterocycles. The summed E-state index contributed by atoms with van der Waals surface area (Å²) in [5.74, 6) is 0. The fourth-order valence-corrected chi connectivity index (χ4v) is 0. The van der Waals surface area contributed by atoms with Crippen molar-refractivity contribution >= 4 is 17.4 Å². The molecule has 0 aromatic rings. The molecule has 0 aliphatic heterocycles. The van der Waals surface area contributed by atoms with Crippen LogP contribution in [-0.4, -0.2) is 17.4 Å². The van der Waals surface area contributed by atoms with E-state index >= 15 is 0 Å². The predicted molar refractivity (Wildman–Crippen MR) is 14.0 cm³/mol. The van der Waals surface area contributed by atoms with Crippen molar-refractivity contribution in [2.45, 2.75) is 0 Å². The Morgan fingerprint density at radius 2 is 0.308 bits per heavy atom. The summed E-state index contributed by atoms with van der Waals surface area (Å²) in [5.41, 5.74) is 0. The summed E-state index contributed by atoms with van der Waals surface area (Å²) in [6.45, 7) is 0. The van der Waals surface area contributed by atoms with Gasteiger partial charge in [-0.3, -0.25) is 0 Å². The van der Waals surface area contributed by atoms with Gasteiger partial charge in [-0.15, -0.1) is 0 Å². The van der Waals surface area contributed by atoms with Gasteiger partial charge in [0, 0.05) is 0 Å². The molecule has 0 unspecified atom stereocenters. The van der Waals surface area contributed by atoms with Crippen LogP contribution in [0.4, 0.5) is 0 Å². The maximum atomic E-state index is 8.56. The summed E-state index contributed by atoms with van der Waals surface area (Å²) < 4.78 is 154. The Hall–Kier alpha value is 1.92. The standard InChI is InChI=1S/Al.Fe.18O.6V/q2*+3;;;;;;;;;;;;;6*-1;;;;;;. The van der Waals surface area contributed by atoms with Crippen molar-refractivity contribution in [3.05, 3.63) is 0 Å². The van der Waals surface area contributed by atoms with Crippen molar-refractivity contribution in [3.8, 4) is 0 Å². The summed E-state index contributed by atoms with van der Waals surface area (Å²) in [4.78, 5) is 0. The van der Waals surface area contributed by atoms with Gasteiger partial charge >= 0.3 is 195 Å². The Balaban J connectivity index is -0.0000000245. The first-order valence-corrected chi connectivity index (χ1v) is 13.5. The van der Waals surface area contributed by atoms with Gasteiger partial charge in [0.1, 0.15) is 0 Å². The molecule has 0 spiro atoms. The quantitative estimate of drug-likeness (QED) is 0.215. The van der Waals surface area contributed by atoms with E-state index in [1.54, 1.807) is 0 Å². The Morgan fingerprint density at radius 3 is 0.308 bits per heavy atom. The van der Waals surface area contributed by atoms with Crippen LogP contribution in [0, 0.1) is 0 Å². The zero-order chi connectivity index (χ0) is 21.5. The molecule has 0 atom stereocenters. The Labute approximate surface area is 192 Å². The second kappa shape index (κ2) is 45.6. The van der Waals surface area contributed by atoms with Crippen molar-refractivity contribution < 1.29 is 178 Å². The molecule has 0 aliphatic rings. The normalized spacial score (nSPS) is 5.77. The molecule has 0 heterocycles. The van der Waals surface area contributed by atoms with E-state index in [0.29, 0.717) is 0 Å². The molecule has 0 saturated heterocycles. The second-order valence-electron chi connectivity index (χ2n) is 1.34. The molecule has 26 heavy (non-hydrogen) atoms. The van der Waals surface area contributed by atoms with Gasteiger partial charge in [-0.1, -0.05) is 0 Å². The van der Waals surface area contributed by atoms with Crippen LogP contribution >= 0.6 is 0 Å². The Kier molecular flexibility index (Phi) is 89.4. The minimum absolute atomic E-state index is 0. The van der Waals surface area contributed by atoms with Crippen molar-refractivity contribution in [2.24, 2.45) is 0 Å². The SMILES string of the molecule is [Al+3].[Fe+3].[O]=[V](=[O])[O-].[O]=[V](=[O])[O-].[O]=[V](=[O])[O-].[O]=[V](=[O])[O-].[O]=[V](=[O])[O-].[O]=[V](=[O])[O-]. The first-order chi connectivity index (χ1) is 10.4. The topological polar surface area (TPSA) is 343 Å². The maximum absolute atomic E-state index is 8.56. The third-order valence-corrected chi connectivity index (χ3v) is 0. The van der Waals surface area contributed by atoms with Crippen LogP contribution in [0.15, 0.2) is 0 Å². The summed E-state index contributed by atoms with van der Waals surface area (Å²) in [6.07, 6.45) is 0. The average Bonchev–Trinajstić information content (AvgIpc) is 2.08. The first-order valence-electron chi connectivity index (χ1n) is 3.29. The van der Waals surface area contributed by atoms with E-state index in [9.17, 15) is 0 Å². The Morgan fingerprint density at radius 1 is 0.308 bits per heavy atom. The van der Waals surface area contributed by atoms with Gasteiger partial charge in [0.15, 0.2) is 0 Å². The van der Waals surface area contributed by atoms with Gasteiger partial charge in [-0.25, -0.2) is 0 Å². The molecular formula is AlFeO18V6.